The van der Waals surface area contributed by atoms with Gasteiger partial charge in [0.25, 0.3) is 5.91 Å². The van der Waals surface area contributed by atoms with Gasteiger partial charge in [-0.1, -0.05) is 42.1 Å². The van der Waals surface area contributed by atoms with Crippen molar-refractivity contribution in [1.29, 1.82) is 0 Å². The van der Waals surface area contributed by atoms with Crippen LogP contribution in [0.25, 0.3) is 0 Å². The molecule has 0 aliphatic carbocycles. The van der Waals surface area contributed by atoms with E-state index in [0.29, 0.717) is 16.6 Å². The zero-order valence-corrected chi connectivity index (χ0v) is 22.8. The summed E-state index contributed by atoms with van der Waals surface area (Å²) in [7, 11) is -1.64. The van der Waals surface area contributed by atoms with E-state index in [1.165, 1.54) is 11.8 Å². The minimum Gasteiger partial charge on any atom is -0.497 e. The van der Waals surface area contributed by atoms with Crippen molar-refractivity contribution in [2.24, 2.45) is 4.99 Å². The maximum Gasteiger partial charge on any atom is 0.408 e. The van der Waals surface area contributed by atoms with Crippen LogP contribution in [0, 0.1) is 0 Å². The smallest absolute Gasteiger partial charge is 0.408 e. The molecule has 2 aliphatic rings. The maximum absolute atomic E-state index is 13.5. The number of alkyl carbamates (subject to hydrolysis) is 1. The molecule has 2 aromatic carbocycles. The van der Waals surface area contributed by atoms with Crippen molar-refractivity contribution in [2.45, 2.75) is 50.1 Å². The Balaban J connectivity index is 1.64. The monoisotopic (exact) mass is 545 g/mol. The molecule has 2 fully saturated rings. The van der Waals surface area contributed by atoms with Gasteiger partial charge in [-0.3, -0.25) is 4.79 Å². The van der Waals surface area contributed by atoms with Crippen LogP contribution in [0.5, 0.6) is 5.75 Å². The molecule has 2 saturated heterocycles. The van der Waals surface area contributed by atoms with Crippen molar-refractivity contribution < 1.29 is 27.5 Å². The third-order valence-corrected chi connectivity index (χ3v) is 9.10. The number of methoxy groups -OCH3 is 1. The highest BCUT2D eigenvalue weighted by atomic mass is 32.2. The van der Waals surface area contributed by atoms with Gasteiger partial charge in [0.2, 0.25) is 0 Å². The second kappa shape index (κ2) is 10.7. The highest BCUT2D eigenvalue weighted by Gasteiger charge is 2.49. The summed E-state index contributed by atoms with van der Waals surface area (Å²) in [6, 6.07) is 15.2. The summed E-state index contributed by atoms with van der Waals surface area (Å²) in [6.45, 7) is 5.24. The number of nitrogens with one attached hydrogen (secondary N) is 1. The summed E-state index contributed by atoms with van der Waals surface area (Å²) in [6.07, 6.45) is -0.486. The third-order valence-electron chi connectivity index (χ3n) is 5.89. The molecule has 0 aromatic heterocycles. The number of amidine groups is 1. The number of anilines is 1. The summed E-state index contributed by atoms with van der Waals surface area (Å²) in [5.74, 6) is 0.114. The van der Waals surface area contributed by atoms with Gasteiger partial charge < -0.3 is 19.7 Å². The largest absolute Gasteiger partial charge is 0.497 e. The van der Waals surface area contributed by atoms with Crippen LogP contribution in [0.15, 0.2) is 59.6 Å². The lowest BCUT2D eigenvalue weighted by atomic mass is 10.1. The molecule has 3 atom stereocenters. The molecule has 0 radical (unpaired) electrons. The van der Waals surface area contributed by atoms with E-state index >= 15 is 0 Å². The molecule has 11 heteroatoms. The Hall–Kier alpha value is -3.05. The van der Waals surface area contributed by atoms with Crippen LogP contribution < -0.4 is 15.0 Å². The Labute approximate surface area is 221 Å². The molecule has 2 heterocycles. The van der Waals surface area contributed by atoms with Crippen LogP contribution in [-0.4, -0.2) is 67.1 Å². The van der Waals surface area contributed by atoms with Crippen molar-refractivity contribution in [3.8, 4) is 5.75 Å². The average Bonchev–Trinajstić information content (AvgIpc) is 3.28. The topological polar surface area (TPSA) is 114 Å². The molecule has 0 unspecified atom stereocenters. The van der Waals surface area contributed by atoms with Gasteiger partial charge in [0.1, 0.15) is 17.4 Å². The fourth-order valence-electron chi connectivity index (χ4n) is 4.28. The number of sulfone groups is 1. The van der Waals surface area contributed by atoms with E-state index in [2.05, 4.69) is 10.3 Å². The Morgan fingerprint density at radius 3 is 2.41 bits per heavy atom. The minimum atomic E-state index is -3.20. The molecule has 0 spiro atoms. The fraction of sp³-hybridized carbons (Fsp3) is 0.423. The summed E-state index contributed by atoms with van der Waals surface area (Å²) in [4.78, 5) is 32.3. The molecule has 0 bridgehead atoms. The molecule has 1 N–H and O–H groups in total. The van der Waals surface area contributed by atoms with E-state index in [4.69, 9.17) is 9.47 Å². The van der Waals surface area contributed by atoms with E-state index in [1.54, 1.807) is 40.0 Å². The quantitative estimate of drug-likeness (QED) is 0.587. The van der Waals surface area contributed by atoms with Gasteiger partial charge in [0.15, 0.2) is 15.0 Å². The number of hydrogen-bond acceptors (Lipinski definition) is 7. The lowest BCUT2D eigenvalue weighted by Crippen LogP contribution is -2.45. The molecule has 198 valence electrons. The number of rotatable bonds is 6. The van der Waals surface area contributed by atoms with Crippen LogP contribution in [0.2, 0.25) is 0 Å². The lowest BCUT2D eigenvalue weighted by Gasteiger charge is -2.25. The summed E-state index contributed by atoms with van der Waals surface area (Å²) >= 11 is 1.28. The van der Waals surface area contributed by atoms with Gasteiger partial charge in [-0.2, -0.15) is 4.99 Å². The zero-order valence-electron chi connectivity index (χ0n) is 21.2. The van der Waals surface area contributed by atoms with Crippen molar-refractivity contribution in [3.05, 3.63) is 60.2 Å². The van der Waals surface area contributed by atoms with Gasteiger partial charge in [-0.05, 0) is 50.6 Å². The van der Waals surface area contributed by atoms with Gasteiger partial charge in [0.05, 0.1) is 24.7 Å². The SMILES string of the molecule is COc1ccc(N2C(=NC(=O)[C@H](Cc3ccccc3)NC(=O)OC(C)(C)C)S[C@H]3CS(=O)(=O)C[C@@H]32)cc1. The highest BCUT2D eigenvalue weighted by molar-refractivity contribution is 8.16. The van der Waals surface area contributed by atoms with Gasteiger partial charge >= 0.3 is 6.09 Å². The summed E-state index contributed by atoms with van der Waals surface area (Å²) in [5, 5.41) is 2.83. The summed E-state index contributed by atoms with van der Waals surface area (Å²) < 4.78 is 35.4. The minimum absolute atomic E-state index is 0.0196. The first-order valence-corrected chi connectivity index (χ1v) is 14.6. The Bertz CT molecular complexity index is 1270. The van der Waals surface area contributed by atoms with Crippen molar-refractivity contribution in [1.82, 2.24) is 5.32 Å². The number of hydrogen-bond donors (Lipinski definition) is 1. The Kier molecular flexibility index (Phi) is 7.84. The molecular formula is C26H31N3O6S2. The molecule has 0 saturated carbocycles. The van der Waals surface area contributed by atoms with E-state index in [0.717, 1.165) is 5.56 Å². The number of amides is 2. The molecular weight excluding hydrogens is 514 g/mol. The van der Waals surface area contributed by atoms with Crippen LogP contribution >= 0.6 is 11.8 Å². The average molecular weight is 546 g/mol. The molecule has 2 amide bonds. The molecule has 2 aromatic rings. The fourth-order valence-corrected chi connectivity index (χ4v) is 8.20. The normalized spacial score (nSPS) is 22.4. The van der Waals surface area contributed by atoms with Crippen LogP contribution in [-0.2, 0) is 25.8 Å². The van der Waals surface area contributed by atoms with Gasteiger partial charge in [-0.15, -0.1) is 0 Å². The molecule has 37 heavy (non-hydrogen) atoms. The first kappa shape index (κ1) is 27.0. The lowest BCUT2D eigenvalue weighted by molar-refractivity contribution is -0.119. The Morgan fingerprint density at radius 1 is 1.11 bits per heavy atom. The standard InChI is InChI=1S/C26H31N3O6S2/c1-26(2,3)35-25(31)27-20(14-17-8-6-5-7-9-17)23(30)28-24-29(18-10-12-19(34-4)13-11-18)21-15-37(32,33)16-22(21)36-24/h5-13,20-22H,14-16H2,1-4H3,(H,27,31)/t20-,21-,22-/m0/s1. The maximum atomic E-state index is 13.5. The highest BCUT2D eigenvalue weighted by Crippen LogP contribution is 2.41. The number of carbonyl (C=O) groups excluding carboxylic acids is 2. The van der Waals surface area contributed by atoms with Gasteiger partial charge in [-0.25, -0.2) is 13.2 Å². The predicted octanol–water partition coefficient (Wildman–Crippen LogP) is 3.43. The Morgan fingerprint density at radius 2 is 1.78 bits per heavy atom. The predicted molar refractivity (Wildman–Crippen MR) is 145 cm³/mol. The second-order valence-corrected chi connectivity index (χ2v) is 13.3. The van der Waals surface area contributed by atoms with E-state index in [9.17, 15) is 18.0 Å². The van der Waals surface area contributed by atoms with Crippen LogP contribution in [0.4, 0.5) is 10.5 Å². The number of thioether (sulfide) groups is 1. The van der Waals surface area contributed by atoms with Crippen molar-refractivity contribution in [3.63, 3.8) is 0 Å². The number of ether oxygens (including phenoxy) is 2. The number of aliphatic imine (C=N–C) groups is 1. The molecule has 9 nitrogen and oxygen atoms in total. The first-order valence-electron chi connectivity index (χ1n) is 11.9. The molecule has 4 rings (SSSR count). The first-order chi connectivity index (χ1) is 17.4. The van der Waals surface area contributed by atoms with Crippen molar-refractivity contribution in [2.75, 3.05) is 23.5 Å². The van der Waals surface area contributed by atoms with E-state index in [-0.39, 0.29) is 29.2 Å². The van der Waals surface area contributed by atoms with Crippen LogP contribution in [0.3, 0.4) is 0 Å². The van der Waals surface area contributed by atoms with E-state index < -0.39 is 33.5 Å². The van der Waals surface area contributed by atoms with Crippen LogP contribution in [0.1, 0.15) is 26.3 Å². The zero-order chi connectivity index (χ0) is 26.8. The number of benzene rings is 2. The third kappa shape index (κ3) is 6.84. The number of nitrogens with zero attached hydrogens (tertiary/aromatic N) is 2. The van der Waals surface area contributed by atoms with E-state index in [1.807, 2.05) is 47.4 Å². The second-order valence-electron chi connectivity index (χ2n) is 9.99. The number of fused-ring (bicyclic) bond motifs is 1. The number of carbonyl (C=O) groups is 2. The van der Waals surface area contributed by atoms with Crippen molar-refractivity contribution >= 4 is 44.5 Å². The molecule has 2 aliphatic heterocycles. The van der Waals surface area contributed by atoms with Gasteiger partial charge in [0, 0.05) is 17.4 Å². The summed E-state index contributed by atoms with van der Waals surface area (Å²) in [5.41, 5.74) is 0.835.